The molecule has 1 aromatic rings. The third-order valence-corrected chi connectivity index (χ3v) is 2.91. The molecule has 0 saturated heterocycles. The number of nitrogens with two attached hydrogens (primary N) is 2. The van der Waals surface area contributed by atoms with Crippen molar-refractivity contribution < 1.29 is 19.6 Å². The van der Waals surface area contributed by atoms with E-state index in [4.69, 9.17) is 15.2 Å². The normalized spacial score (nSPS) is 14.3. The lowest BCUT2D eigenvalue weighted by atomic mass is 10.2. The van der Waals surface area contributed by atoms with Gasteiger partial charge in [-0.25, -0.2) is 0 Å². The molecule has 1 aliphatic rings. The van der Waals surface area contributed by atoms with E-state index < -0.39 is 5.91 Å². The Hall–Kier alpha value is -1.75. The number of primary amides is 1. The first-order valence-electron chi connectivity index (χ1n) is 6.10. The van der Waals surface area contributed by atoms with Crippen LogP contribution in [0.5, 0.6) is 11.5 Å². The molecule has 0 aromatic heterocycles. The van der Waals surface area contributed by atoms with Crippen LogP contribution in [0.15, 0.2) is 18.2 Å². The zero-order valence-electron chi connectivity index (χ0n) is 10.5. The Labute approximate surface area is 106 Å². The maximum atomic E-state index is 10.7. The summed E-state index contributed by atoms with van der Waals surface area (Å²) >= 11 is 0. The third kappa shape index (κ3) is 3.63. The van der Waals surface area contributed by atoms with E-state index in [2.05, 4.69) is 5.32 Å². The predicted molar refractivity (Wildman–Crippen MR) is 66.3 cm³/mol. The first-order chi connectivity index (χ1) is 8.69. The molecule has 0 spiro atoms. The second-order valence-electron chi connectivity index (χ2n) is 4.52. The lowest BCUT2D eigenvalue weighted by molar-refractivity contribution is -0.683. The quantitative estimate of drug-likeness (QED) is 0.703. The standard InChI is InChI=1S/C13H18N2O3/c1-17-12-6-9(7-15-10-3-4-10)2-5-11(12)18-8-13(14)16/h2,5-6,10,15H,3-4,7-8H2,1H3,(H2,14,16)/p+1. The molecule has 1 aromatic carbocycles. The molecule has 1 amide bonds. The number of amides is 1. The second kappa shape index (κ2) is 5.73. The van der Waals surface area contributed by atoms with Crippen molar-refractivity contribution in [2.24, 2.45) is 5.73 Å². The van der Waals surface area contributed by atoms with E-state index >= 15 is 0 Å². The maximum Gasteiger partial charge on any atom is 0.255 e. The molecule has 0 atom stereocenters. The second-order valence-corrected chi connectivity index (χ2v) is 4.52. The van der Waals surface area contributed by atoms with Crippen molar-refractivity contribution in [3.05, 3.63) is 23.8 Å². The van der Waals surface area contributed by atoms with Crippen LogP contribution in [0.4, 0.5) is 0 Å². The highest BCUT2D eigenvalue weighted by Gasteiger charge is 2.24. The van der Waals surface area contributed by atoms with Crippen LogP contribution >= 0.6 is 0 Å². The van der Waals surface area contributed by atoms with Gasteiger partial charge in [-0.2, -0.15) is 0 Å². The monoisotopic (exact) mass is 251 g/mol. The van der Waals surface area contributed by atoms with Crippen molar-refractivity contribution in [2.75, 3.05) is 13.7 Å². The largest absolute Gasteiger partial charge is 0.493 e. The summed E-state index contributed by atoms with van der Waals surface area (Å²) in [5.74, 6) is 0.688. The number of methoxy groups -OCH3 is 1. The Kier molecular flexibility index (Phi) is 4.04. The van der Waals surface area contributed by atoms with Gasteiger partial charge in [-0.05, 0) is 18.2 Å². The summed E-state index contributed by atoms with van der Waals surface area (Å²) in [6.07, 6.45) is 2.63. The van der Waals surface area contributed by atoms with E-state index in [9.17, 15) is 4.79 Å². The Morgan fingerprint density at radius 3 is 2.83 bits per heavy atom. The van der Waals surface area contributed by atoms with E-state index in [1.54, 1.807) is 7.11 Å². The van der Waals surface area contributed by atoms with E-state index in [1.807, 2.05) is 18.2 Å². The Morgan fingerprint density at radius 2 is 2.22 bits per heavy atom. The summed E-state index contributed by atoms with van der Waals surface area (Å²) in [6.45, 7) is 0.807. The van der Waals surface area contributed by atoms with Crippen LogP contribution in [0, 0.1) is 0 Å². The van der Waals surface area contributed by atoms with Crippen molar-refractivity contribution in [2.45, 2.75) is 25.4 Å². The van der Waals surface area contributed by atoms with Gasteiger partial charge < -0.3 is 20.5 Å². The summed E-state index contributed by atoms with van der Waals surface area (Å²) in [6, 6.07) is 6.53. The average Bonchev–Trinajstić information content (AvgIpc) is 3.18. The smallest absolute Gasteiger partial charge is 0.255 e. The fourth-order valence-electron chi connectivity index (χ4n) is 1.74. The summed E-state index contributed by atoms with van der Waals surface area (Å²) in [5.41, 5.74) is 6.23. The predicted octanol–water partition coefficient (Wildman–Crippen LogP) is -0.215. The Morgan fingerprint density at radius 1 is 1.44 bits per heavy atom. The van der Waals surface area contributed by atoms with E-state index in [1.165, 1.54) is 18.4 Å². The number of carbonyl (C=O) groups is 1. The lowest BCUT2D eigenvalue weighted by Gasteiger charge is -2.10. The van der Waals surface area contributed by atoms with Gasteiger partial charge in [-0.15, -0.1) is 0 Å². The van der Waals surface area contributed by atoms with Gasteiger partial charge in [-0.3, -0.25) is 4.79 Å². The minimum Gasteiger partial charge on any atom is -0.493 e. The topological polar surface area (TPSA) is 78.2 Å². The van der Waals surface area contributed by atoms with E-state index in [0.717, 1.165) is 12.6 Å². The van der Waals surface area contributed by atoms with Gasteiger partial charge in [0.1, 0.15) is 6.54 Å². The number of benzene rings is 1. The van der Waals surface area contributed by atoms with Crippen molar-refractivity contribution in [3.63, 3.8) is 0 Å². The van der Waals surface area contributed by atoms with Crippen LogP contribution in [-0.4, -0.2) is 25.7 Å². The zero-order valence-corrected chi connectivity index (χ0v) is 10.5. The molecule has 0 bridgehead atoms. The molecule has 98 valence electrons. The fourth-order valence-corrected chi connectivity index (χ4v) is 1.74. The van der Waals surface area contributed by atoms with Crippen LogP contribution in [0.3, 0.4) is 0 Å². The molecule has 5 heteroatoms. The molecular weight excluding hydrogens is 232 g/mol. The summed E-state index contributed by atoms with van der Waals surface area (Å²) in [4.78, 5) is 10.7. The first-order valence-corrected chi connectivity index (χ1v) is 6.10. The fraction of sp³-hybridized carbons (Fsp3) is 0.462. The van der Waals surface area contributed by atoms with Crippen molar-refractivity contribution in [1.29, 1.82) is 0 Å². The molecule has 0 aliphatic heterocycles. The van der Waals surface area contributed by atoms with Crippen molar-refractivity contribution in [3.8, 4) is 11.5 Å². The van der Waals surface area contributed by atoms with Crippen molar-refractivity contribution >= 4 is 5.91 Å². The maximum absolute atomic E-state index is 10.7. The Balaban J connectivity index is 1.99. The highest BCUT2D eigenvalue weighted by Crippen LogP contribution is 2.27. The number of rotatable bonds is 7. The molecule has 4 N–H and O–H groups in total. The third-order valence-electron chi connectivity index (χ3n) is 2.91. The van der Waals surface area contributed by atoms with Crippen LogP contribution < -0.4 is 20.5 Å². The number of hydrogen-bond donors (Lipinski definition) is 2. The van der Waals surface area contributed by atoms with Gasteiger partial charge in [0.05, 0.1) is 13.2 Å². The summed E-state index contributed by atoms with van der Waals surface area (Å²) in [5, 5.41) is 2.33. The first kappa shape index (κ1) is 12.7. The van der Waals surface area contributed by atoms with Crippen LogP contribution in [0.25, 0.3) is 0 Å². The molecule has 0 radical (unpaired) electrons. The average molecular weight is 251 g/mol. The summed E-state index contributed by atoms with van der Waals surface area (Å²) in [7, 11) is 1.58. The van der Waals surface area contributed by atoms with Crippen LogP contribution in [-0.2, 0) is 11.3 Å². The highest BCUT2D eigenvalue weighted by atomic mass is 16.5. The van der Waals surface area contributed by atoms with Crippen molar-refractivity contribution in [1.82, 2.24) is 0 Å². The van der Waals surface area contributed by atoms with Crippen LogP contribution in [0.1, 0.15) is 18.4 Å². The molecular formula is C13H19N2O3+. The molecule has 1 fully saturated rings. The molecule has 2 rings (SSSR count). The summed E-state index contributed by atoms with van der Waals surface area (Å²) < 4.78 is 10.5. The highest BCUT2D eigenvalue weighted by molar-refractivity contribution is 5.75. The van der Waals surface area contributed by atoms with Gasteiger partial charge in [0.15, 0.2) is 18.1 Å². The van der Waals surface area contributed by atoms with Gasteiger partial charge in [0, 0.05) is 18.4 Å². The van der Waals surface area contributed by atoms with Gasteiger partial charge in [-0.1, -0.05) is 0 Å². The minimum atomic E-state index is -0.497. The zero-order chi connectivity index (χ0) is 13.0. The van der Waals surface area contributed by atoms with Crippen LogP contribution in [0.2, 0.25) is 0 Å². The lowest BCUT2D eigenvalue weighted by Crippen LogP contribution is -2.84. The molecule has 0 heterocycles. The molecule has 18 heavy (non-hydrogen) atoms. The van der Waals surface area contributed by atoms with E-state index in [0.29, 0.717) is 11.5 Å². The number of carbonyl (C=O) groups excluding carboxylic acids is 1. The minimum absolute atomic E-state index is 0.135. The molecule has 1 aliphatic carbocycles. The van der Waals surface area contributed by atoms with E-state index in [-0.39, 0.29) is 6.61 Å². The molecule has 5 nitrogen and oxygen atoms in total. The molecule has 0 unspecified atom stereocenters. The SMILES string of the molecule is COc1cc(C[NH2+]C2CC2)ccc1OCC(N)=O. The number of quaternary nitrogens is 1. The molecule has 1 saturated carbocycles. The Bertz CT molecular complexity index is 430. The van der Waals surface area contributed by atoms with Gasteiger partial charge in [0.2, 0.25) is 0 Å². The number of hydrogen-bond acceptors (Lipinski definition) is 3. The van der Waals surface area contributed by atoms with Gasteiger partial charge >= 0.3 is 0 Å². The number of ether oxygens (including phenoxy) is 2. The van der Waals surface area contributed by atoms with Gasteiger partial charge in [0.25, 0.3) is 5.91 Å².